The Kier molecular flexibility index (Phi) is 13.5. The number of hydrogen-bond acceptors (Lipinski definition) is 6. The molecule has 0 bridgehead atoms. The van der Waals surface area contributed by atoms with Gasteiger partial charge < -0.3 is 25.6 Å². The van der Waals surface area contributed by atoms with Crippen LogP contribution in [0.5, 0.6) is 0 Å². The van der Waals surface area contributed by atoms with Crippen molar-refractivity contribution < 1.29 is 29.4 Å². The molecule has 0 saturated carbocycles. The van der Waals surface area contributed by atoms with Gasteiger partial charge in [0, 0.05) is 6.42 Å². The van der Waals surface area contributed by atoms with Crippen molar-refractivity contribution in [3.63, 3.8) is 0 Å². The smallest absolute Gasteiger partial charge is 0.411 e. The standard InChI is InChI=1S/C31H44N4O6/c1-21(2)26(20-36)32-17-11-16-25(18-23-12-7-5-8-13-23)31(35-30(40)41,19-24-14-9-6-10-15-24)34-27(22(3)4)28(37)33-29(38)39/h5-10,12-15,20-22,25-27,32,34-35H,11,16-19H2,1-4H3,(H,33,37)(H,38,39)(H,40,41)/t25-,26?,27-,31?/m0/s1. The van der Waals surface area contributed by atoms with Crippen LogP contribution in [-0.4, -0.2) is 58.9 Å². The average molecular weight is 569 g/mol. The monoisotopic (exact) mass is 568 g/mol. The number of carbonyl (C=O) groups excluding carboxylic acids is 2. The van der Waals surface area contributed by atoms with Crippen LogP contribution in [0.15, 0.2) is 60.7 Å². The van der Waals surface area contributed by atoms with Gasteiger partial charge in [0.15, 0.2) is 0 Å². The molecule has 2 rings (SSSR count). The van der Waals surface area contributed by atoms with Crippen molar-refractivity contribution in [1.82, 2.24) is 21.3 Å². The number of aldehydes is 1. The number of amides is 3. The highest BCUT2D eigenvalue weighted by Gasteiger charge is 2.44. The summed E-state index contributed by atoms with van der Waals surface area (Å²) in [6.45, 7) is 8.01. The van der Waals surface area contributed by atoms with E-state index in [-0.39, 0.29) is 30.2 Å². The highest BCUT2D eigenvalue weighted by atomic mass is 16.4. The van der Waals surface area contributed by atoms with E-state index in [1.54, 1.807) is 13.8 Å². The van der Waals surface area contributed by atoms with Crippen molar-refractivity contribution in [2.45, 2.75) is 71.1 Å². The second kappa shape index (κ2) is 16.5. The maximum absolute atomic E-state index is 13.1. The maximum atomic E-state index is 13.1. The molecule has 41 heavy (non-hydrogen) atoms. The van der Waals surface area contributed by atoms with Crippen molar-refractivity contribution in [3.8, 4) is 0 Å². The van der Waals surface area contributed by atoms with Crippen molar-refractivity contribution in [3.05, 3.63) is 71.8 Å². The van der Waals surface area contributed by atoms with Gasteiger partial charge in [-0.3, -0.25) is 15.4 Å². The Bertz CT molecular complexity index is 1110. The first kappa shape index (κ1) is 33.4. The minimum Gasteiger partial charge on any atom is -0.465 e. The van der Waals surface area contributed by atoms with E-state index in [2.05, 4.69) is 16.0 Å². The molecule has 0 aromatic heterocycles. The molecule has 0 heterocycles. The van der Waals surface area contributed by atoms with Gasteiger partial charge in [0.2, 0.25) is 5.91 Å². The van der Waals surface area contributed by atoms with E-state index in [4.69, 9.17) is 0 Å². The SMILES string of the molecule is CC(C)C(C=O)NCCC[C@@H](Cc1ccccc1)C(Cc1ccccc1)(NC(=O)O)N[C@H](C(=O)NC(=O)O)C(C)C. The lowest BCUT2D eigenvalue weighted by atomic mass is 9.78. The van der Waals surface area contributed by atoms with E-state index in [0.29, 0.717) is 25.8 Å². The highest BCUT2D eigenvalue weighted by Crippen LogP contribution is 2.30. The molecule has 10 heteroatoms. The molecule has 2 unspecified atom stereocenters. The quantitative estimate of drug-likeness (QED) is 0.0948. The van der Waals surface area contributed by atoms with Gasteiger partial charge >= 0.3 is 12.2 Å². The molecule has 0 aliphatic carbocycles. The van der Waals surface area contributed by atoms with Crippen molar-refractivity contribution in [2.24, 2.45) is 17.8 Å². The molecule has 0 aliphatic heterocycles. The van der Waals surface area contributed by atoms with Crippen LogP contribution in [0.25, 0.3) is 0 Å². The van der Waals surface area contributed by atoms with Gasteiger partial charge in [-0.1, -0.05) is 88.4 Å². The lowest BCUT2D eigenvalue weighted by molar-refractivity contribution is -0.124. The van der Waals surface area contributed by atoms with Crippen LogP contribution in [0.4, 0.5) is 9.59 Å². The van der Waals surface area contributed by atoms with Crippen LogP contribution in [0.2, 0.25) is 0 Å². The minimum atomic E-state index is -1.48. The number of hydrogen-bond donors (Lipinski definition) is 6. The van der Waals surface area contributed by atoms with E-state index in [9.17, 15) is 29.4 Å². The molecule has 224 valence electrons. The topological polar surface area (TPSA) is 157 Å². The first-order chi connectivity index (χ1) is 19.5. The molecule has 0 aliphatic rings. The van der Waals surface area contributed by atoms with Crippen LogP contribution in [-0.2, 0) is 22.4 Å². The fourth-order valence-electron chi connectivity index (χ4n) is 5.08. The average Bonchev–Trinajstić information content (AvgIpc) is 2.91. The molecule has 4 atom stereocenters. The van der Waals surface area contributed by atoms with Crippen LogP contribution < -0.4 is 21.3 Å². The fourth-order valence-corrected chi connectivity index (χ4v) is 5.08. The molecule has 2 aromatic rings. The summed E-state index contributed by atoms with van der Waals surface area (Å²) in [4.78, 5) is 48.3. The lowest BCUT2D eigenvalue weighted by Crippen LogP contribution is -2.70. The van der Waals surface area contributed by atoms with Gasteiger partial charge in [0.1, 0.15) is 11.9 Å². The first-order valence-electron chi connectivity index (χ1n) is 14.1. The Morgan fingerprint density at radius 2 is 1.44 bits per heavy atom. The summed E-state index contributed by atoms with van der Waals surface area (Å²) in [6.07, 6.45) is -0.00632. The Balaban J connectivity index is 2.58. The predicted octanol–water partition coefficient (Wildman–Crippen LogP) is 4.05. The molecule has 0 spiro atoms. The minimum absolute atomic E-state index is 0.125. The van der Waals surface area contributed by atoms with E-state index >= 15 is 0 Å². The number of rotatable bonds is 17. The molecular formula is C31H44N4O6. The van der Waals surface area contributed by atoms with Crippen LogP contribution in [0.1, 0.15) is 51.7 Å². The summed E-state index contributed by atoms with van der Waals surface area (Å²) in [7, 11) is 0. The Labute approximate surface area is 242 Å². The van der Waals surface area contributed by atoms with Gasteiger partial charge in [-0.25, -0.2) is 9.59 Å². The van der Waals surface area contributed by atoms with E-state index in [1.807, 2.05) is 79.8 Å². The second-order valence-electron chi connectivity index (χ2n) is 11.1. The highest BCUT2D eigenvalue weighted by molar-refractivity contribution is 5.94. The van der Waals surface area contributed by atoms with Crippen LogP contribution in [0.3, 0.4) is 0 Å². The van der Waals surface area contributed by atoms with Crippen LogP contribution >= 0.6 is 0 Å². The third kappa shape index (κ3) is 11.0. The van der Waals surface area contributed by atoms with Crippen molar-refractivity contribution in [2.75, 3.05) is 6.54 Å². The van der Waals surface area contributed by atoms with Crippen molar-refractivity contribution in [1.29, 1.82) is 0 Å². The molecule has 3 amide bonds. The normalized spacial score (nSPS) is 15.0. The third-order valence-electron chi connectivity index (χ3n) is 7.24. The summed E-state index contributed by atoms with van der Waals surface area (Å²) in [6, 6.07) is 17.7. The largest absolute Gasteiger partial charge is 0.465 e. The molecule has 2 aromatic carbocycles. The van der Waals surface area contributed by atoms with E-state index in [1.165, 1.54) is 0 Å². The van der Waals surface area contributed by atoms with Gasteiger partial charge in [-0.05, 0) is 54.7 Å². The lowest BCUT2D eigenvalue weighted by Gasteiger charge is -2.45. The number of benzene rings is 2. The Hall–Kier alpha value is -3.76. The number of carbonyl (C=O) groups is 4. The molecule has 0 radical (unpaired) electrons. The molecule has 0 saturated heterocycles. The molecule has 10 nitrogen and oxygen atoms in total. The summed E-state index contributed by atoms with van der Waals surface area (Å²) in [5.41, 5.74) is 0.475. The zero-order valence-electron chi connectivity index (χ0n) is 24.3. The number of imide groups is 1. The zero-order chi connectivity index (χ0) is 30.4. The maximum Gasteiger partial charge on any atom is 0.411 e. The zero-order valence-corrected chi connectivity index (χ0v) is 24.3. The van der Waals surface area contributed by atoms with Gasteiger partial charge in [-0.15, -0.1) is 0 Å². The summed E-state index contributed by atoms with van der Waals surface area (Å²) < 4.78 is 0. The Morgan fingerprint density at radius 1 is 0.854 bits per heavy atom. The van der Waals surface area contributed by atoms with E-state index < -0.39 is 29.8 Å². The summed E-state index contributed by atoms with van der Waals surface area (Å²) in [5, 5.41) is 30.6. The second-order valence-corrected chi connectivity index (χ2v) is 11.1. The van der Waals surface area contributed by atoms with Crippen molar-refractivity contribution >= 4 is 24.4 Å². The molecule has 0 fully saturated rings. The summed E-state index contributed by atoms with van der Waals surface area (Å²) in [5.74, 6) is -1.36. The summed E-state index contributed by atoms with van der Waals surface area (Å²) >= 11 is 0. The van der Waals surface area contributed by atoms with Gasteiger partial charge in [0.25, 0.3) is 0 Å². The first-order valence-corrected chi connectivity index (χ1v) is 14.1. The number of carboxylic acid groups (broad SMARTS) is 2. The molecule has 6 N–H and O–H groups in total. The number of nitrogens with one attached hydrogen (secondary N) is 4. The van der Waals surface area contributed by atoms with Gasteiger partial charge in [0.05, 0.1) is 12.1 Å². The fraction of sp³-hybridized carbons (Fsp3) is 0.484. The third-order valence-corrected chi connectivity index (χ3v) is 7.24. The van der Waals surface area contributed by atoms with E-state index in [0.717, 1.165) is 17.4 Å². The molecular weight excluding hydrogens is 524 g/mol. The van der Waals surface area contributed by atoms with Gasteiger partial charge in [-0.2, -0.15) is 0 Å². The van der Waals surface area contributed by atoms with Crippen LogP contribution in [0, 0.1) is 17.8 Å². The Morgan fingerprint density at radius 3 is 1.93 bits per heavy atom. The predicted molar refractivity (Wildman–Crippen MR) is 158 cm³/mol.